The molecule has 4 nitrogen and oxygen atoms in total. The van der Waals surface area contributed by atoms with Gasteiger partial charge < -0.3 is 21.0 Å². The molecule has 171 valence electrons. The zero-order valence-corrected chi connectivity index (χ0v) is 22.3. The van der Waals surface area contributed by atoms with Crippen LogP contribution in [0.5, 0.6) is 11.5 Å². The number of carbonyl (C=O) groups is 1. The van der Waals surface area contributed by atoms with E-state index in [1.807, 2.05) is 18.2 Å². The molecule has 0 amide bonds. The Kier molecular flexibility index (Phi) is 11.2. The van der Waals surface area contributed by atoms with Crippen molar-refractivity contribution in [2.24, 2.45) is 11.8 Å². The molecule has 0 heterocycles. The Bertz CT molecular complexity index is 839. The number of carboxylic acids is 1. The molecule has 1 N–H and O–H groups in total. The number of aryl methyl sites for hydroxylation is 1. The van der Waals surface area contributed by atoms with Crippen LogP contribution in [0.3, 0.4) is 0 Å². The predicted molar refractivity (Wildman–Crippen MR) is 122 cm³/mol. The first-order valence-corrected chi connectivity index (χ1v) is 11.3. The first-order valence-electron chi connectivity index (χ1n) is 11.3. The van der Waals surface area contributed by atoms with Gasteiger partial charge in [0.1, 0.15) is 0 Å². The van der Waals surface area contributed by atoms with Crippen LogP contribution in [0.25, 0.3) is 0 Å². The maximum atomic E-state index is 11.6. The second-order valence-electron chi connectivity index (χ2n) is 8.58. The fourth-order valence-electron chi connectivity index (χ4n) is 4.67. The summed E-state index contributed by atoms with van der Waals surface area (Å²) >= 11 is 0. The minimum atomic E-state index is -0.706. The van der Waals surface area contributed by atoms with Crippen molar-refractivity contribution in [2.45, 2.75) is 64.4 Å². The van der Waals surface area contributed by atoms with Gasteiger partial charge in [-0.3, -0.25) is 4.79 Å². The first-order chi connectivity index (χ1) is 15.0. The second kappa shape index (κ2) is 13.4. The van der Waals surface area contributed by atoms with Crippen molar-refractivity contribution in [3.05, 3.63) is 66.1 Å². The van der Waals surface area contributed by atoms with Crippen LogP contribution in [0, 0.1) is 24.3 Å². The number of ether oxygens (including phenoxy) is 2. The molecule has 5 heteroatoms. The summed E-state index contributed by atoms with van der Waals surface area (Å²) in [6, 6.07) is 17.7. The number of hydrogen-bond acceptors (Lipinski definition) is 3. The van der Waals surface area contributed by atoms with Crippen LogP contribution in [-0.2, 0) is 43.9 Å². The Hall–Kier alpha value is -1.39. The molecule has 4 atom stereocenters. The number of rotatable bonds is 10. The van der Waals surface area contributed by atoms with Gasteiger partial charge in [0.15, 0.2) is 0 Å². The molecule has 0 aliphatic heterocycles. The van der Waals surface area contributed by atoms with Gasteiger partial charge in [0.2, 0.25) is 0 Å². The number of methoxy groups -OCH3 is 1. The third-order valence-electron chi connectivity index (χ3n) is 6.44. The molecule has 3 rings (SSSR count). The predicted octanol–water partition coefficient (Wildman–Crippen LogP) is 6.09. The van der Waals surface area contributed by atoms with E-state index in [4.69, 9.17) is 9.47 Å². The molecule has 1 fully saturated rings. The van der Waals surface area contributed by atoms with Crippen LogP contribution in [0.1, 0.15) is 63.0 Å². The van der Waals surface area contributed by atoms with E-state index in [-0.39, 0.29) is 50.6 Å². The number of aliphatic carboxylic acids is 1. The molecule has 1 aliphatic carbocycles. The molecule has 0 bridgehead atoms. The van der Waals surface area contributed by atoms with Crippen molar-refractivity contribution in [3.63, 3.8) is 0 Å². The van der Waals surface area contributed by atoms with Gasteiger partial charge in [0.05, 0.1) is 19.1 Å². The van der Waals surface area contributed by atoms with E-state index in [0.717, 1.165) is 49.2 Å². The molecular weight excluding hydrogens is 477 g/mol. The zero-order valence-electron chi connectivity index (χ0n) is 19.4. The Balaban J connectivity index is 0.00000363. The summed E-state index contributed by atoms with van der Waals surface area (Å²) in [6.45, 7) is 4.14. The molecule has 0 aromatic heterocycles. The monoisotopic (exact) mass is 511 g/mol. The van der Waals surface area contributed by atoms with Crippen molar-refractivity contribution >= 4 is 5.97 Å². The molecule has 0 spiro atoms. The minimum absolute atomic E-state index is 0. The van der Waals surface area contributed by atoms with Crippen LogP contribution >= 0.6 is 0 Å². The van der Waals surface area contributed by atoms with Crippen molar-refractivity contribution in [1.29, 1.82) is 0 Å². The van der Waals surface area contributed by atoms with Gasteiger partial charge in [-0.1, -0.05) is 48.7 Å². The average molecular weight is 511 g/mol. The smallest absolute Gasteiger partial charge is 0.306 e. The summed E-state index contributed by atoms with van der Waals surface area (Å²) in [4.78, 5) is 11.6. The summed E-state index contributed by atoms with van der Waals surface area (Å²) in [5.74, 6) is 0.909. The van der Waals surface area contributed by atoms with Crippen molar-refractivity contribution in [3.8, 4) is 11.5 Å². The van der Waals surface area contributed by atoms with E-state index in [2.05, 4.69) is 50.6 Å². The summed E-state index contributed by atoms with van der Waals surface area (Å²) in [5.41, 5.74) is 2.31. The van der Waals surface area contributed by atoms with Gasteiger partial charge in [-0.15, -0.1) is 11.6 Å². The normalized spacial score (nSPS) is 21.3. The third kappa shape index (κ3) is 7.32. The molecule has 1 aliphatic rings. The van der Waals surface area contributed by atoms with E-state index < -0.39 is 5.97 Å². The van der Waals surface area contributed by atoms with Gasteiger partial charge >= 0.3 is 5.97 Å². The zero-order chi connectivity index (χ0) is 22.2. The van der Waals surface area contributed by atoms with Gasteiger partial charge in [-0.25, -0.2) is 0 Å². The Morgan fingerprint density at radius 1 is 1.28 bits per heavy atom. The summed E-state index contributed by atoms with van der Waals surface area (Å²) < 4.78 is 11.8. The van der Waals surface area contributed by atoms with Gasteiger partial charge in [0, 0.05) is 44.2 Å². The third-order valence-corrected chi connectivity index (χ3v) is 6.44. The molecule has 2 aromatic carbocycles. The maximum Gasteiger partial charge on any atom is 0.306 e. The molecule has 0 saturated heterocycles. The molecule has 32 heavy (non-hydrogen) atoms. The maximum absolute atomic E-state index is 11.6. The summed E-state index contributed by atoms with van der Waals surface area (Å²) in [5, 5.41) is 9.50. The van der Waals surface area contributed by atoms with Crippen LogP contribution in [0.4, 0.5) is 0 Å². The SMILES string of the molecule is C[CH-]C1CCC(C(=O)O)CC1c1[c-]cc(OC(C)CCCc2ccccc2)cc1OC.[Y]. The average Bonchev–Trinajstić information content (AvgIpc) is 2.79. The molecule has 4 unspecified atom stereocenters. The number of carboxylic acid groups (broad SMARTS) is 1. The van der Waals surface area contributed by atoms with Crippen molar-refractivity contribution in [2.75, 3.05) is 7.11 Å². The second-order valence-corrected chi connectivity index (χ2v) is 8.58. The topological polar surface area (TPSA) is 55.8 Å². The van der Waals surface area contributed by atoms with Gasteiger partial charge in [0.25, 0.3) is 0 Å². The van der Waals surface area contributed by atoms with Crippen molar-refractivity contribution < 1.29 is 52.1 Å². The van der Waals surface area contributed by atoms with Crippen LogP contribution in [-0.4, -0.2) is 24.3 Å². The van der Waals surface area contributed by atoms with Gasteiger partial charge in [-0.05, 0) is 44.6 Å². The van der Waals surface area contributed by atoms with Crippen LogP contribution in [0.15, 0.2) is 42.5 Å². The van der Waals surface area contributed by atoms with Crippen LogP contribution in [0.2, 0.25) is 0 Å². The number of hydrogen-bond donors (Lipinski definition) is 1. The summed E-state index contributed by atoms with van der Waals surface area (Å²) in [7, 11) is 1.65. The quantitative estimate of drug-likeness (QED) is 0.392. The first kappa shape index (κ1) is 26.9. The van der Waals surface area contributed by atoms with Crippen molar-refractivity contribution in [1.82, 2.24) is 0 Å². The molecular formula is C27H34O4Y-2. The molecule has 2 aromatic rings. The van der Waals surface area contributed by atoms with E-state index >= 15 is 0 Å². The molecule has 1 saturated carbocycles. The van der Waals surface area contributed by atoms with Crippen LogP contribution < -0.4 is 9.47 Å². The van der Waals surface area contributed by atoms with E-state index in [0.29, 0.717) is 12.3 Å². The number of benzene rings is 2. The largest absolute Gasteiger partial charge is 0.554 e. The molecule has 1 radical (unpaired) electrons. The van der Waals surface area contributed by atoms with Gasteiger partial charge in [-0.2, -0.15) is 18.9 Å². The standard InChI is InChI=1S/C27H34O4.Y/c1-4-21-13-14-22(27(28)29)17-25(21)24-16-15-23(18-26(24)30-3)31-19(2)9-8-12-20-10-6-5-7-11-20;/h4-7,10-11,15,18-19,21-22,25H,8-9,12-14,17H2,1-3H3,(H,28,29);/q-2;. The fraction of sp³-hybridized carbons (Fsp3) is 0.481. The Morgan fingerprint density at radius 3 is 2.69 bits per heavy atom. The fourth-order valence-corrected chi connectivity index (χ4v) is 4.67. The minimum Gasteiger partial charge on any atom is -0.554 e. The summed E-state index contributed by atoms with van der Waals surface area (Å²) in [6.07, 6.45) is 7.59. The van der Waals surface area contributed by atoms with E-state index in [1.165, 1.54) is 5.56 Å². The Morgan fingerprint density at radius 2 is 2.03 bits per heavy atom. The van der Waals surface area contributed by atoms with E-state index in [1.54, 1.807) is 7.11 Å². The Labute approximate surface area is 218 Å². The van der Waals surface area contributed by atoms with E-state index in [9.17, 15) is 9.90 Å².